The molecule has 0 saturated heterocycles. The summed E-state index contributed by atoms with van der Waals surface area (Å²) in [5.74, 6) is 0. The van der Waals surface area contributed by atoms with Crippen LogP contribution in [0.15, 0.2) is 18.3 Å². The third-order valence-electron chi connectivity index (χ3n) is 2.91. The highest BCUT2D eigenvalue weighted by atomic mass is 16.5. The first-order valence-corrected chi connectivity index (χ1v) is 6.58. The Bertz CT molecular complexity index is 337. The smallest absolute Gasteiger partial charge is 0.0644 e. The van der Waals surface area contributed by atoms with Crippen molar-refractivity contribution in [2.45, 2.75) is 39.3 Å². The number of aromatic nitrogens is 1. The molecule has 4 nitrogen and oxygen atoms in total. The van der Waals surface area contributed by atoms with Gasteiger partial charge in [0.15, 0.2) is 0 Å². The Morgan fingerprint density at radius 3 is 2.61 bits per heavy atom. The van der Waals surface area contributed by atoms with Crippen LogP contribution < -0.4 is 10.6 Å². The first-order chi connectivity index (χ1) is 8.54. The third-order valence-corrected chi connectivity index (χ3v) is 2.91. The lowest BCUT2D eigenvalue weighted by molar-refractivity contribution is 0.0846. The number of pyridine rings is 1. The Hall–Kier alpha value is -1.13. The lowest BCUT2D eigenvalue weighted by atomic mass is 10.1. The van der Waals surface area contributed by atoms with Crippen molar-refractivity contribution in [1.82, 2.24) is 4.98 Å². The van der Waals surface area contributed by atoms with Crippen LogP contribution >= 0.6 is 0 Å². The van der Waals surface area contributed by atoms with E-state index in [1.807, 2.05) is 33.2 Å². The number of likely N-dealkylation sites (N-methyl/N-ethyl adjacent to an activating group) is 1. The maximum atomic E-state index is 5.94. The fourth-order valence-corrected chi connectivity index (χ4v) is 1.61. The molecule has 0 spiro atoms. The van der Waals surface area contributed by atoms with Crippen LogP contribution in [0.1, 0.15) is 38.9 Å². The highest BCUT2D eigenvalue weighted by Gasteiger charge is 2.06. The molecule has 0 amide bonds. The quantitative estimate of drug-likeness (QED) is 0.808. The number of nitrogens with zero attached hydrogens (tertiary/aromatic N) is 2. The molecule has 1 aromatic rings. The van der Waals surface area contributed by atoms with Crippen LogP contribution in [0.2, 0.25) is 0 Å². The molecule has 0 radical (unpaired) electrons. The predicted octanol–water partition coefficient (Wildman–Crippen LogP) is 2.35. The number of anilines is 1. The second-order valence-electron chi connectivity index (χ2n) is 4.80. The van der Waals surface area contributed by atoms with Crippen molar-refractivity contribution in [3.05, 3.63) is 24.0 Å². The van der Waals surface area contributed by atoms with Gasteiger partial charge in [0, 0.05) is 19.6 Å². The molecule has 0 fully saturated rings. The van der Waals surface area contributed by atoms with Gasteiger partial charge in [-0.2, -0.15) is 0 Å². The van der Waals surface area contributed by atoms with Gasteiger partial charge in [-0.25, -0.2) is 0 Å². The van der Waals surface area contributed by atoms with Crippen LogP contribution in [-0.4, -0.2) is 31.3 Å². The lowest BCUT2D eigenvalue weighted by Gasteiger charge is -2.20. The summed E-state index contributed by atoms with van der Waals surface area (Å²) in [6, 6.07) is 4.10. The van der Waals surface area contributed by atoms with Crippen LogP contribution in [0.5, 0.6) is 0 Å². The molecule has 0 unspecified atom stereocenters. The lowest BCUT2D eigenvalue weighted by Crippen LogP contribution is -2.24. The van der Waals surface area contributed by atoms with E-state index in [2.05, 4.69) is 22.9 Å². The number of ether oxygens (including phenoxy) is 1. The van der Waals surface area contributed by atoms with Crippen molar-refractivity contribution in [1.29, 1.82) is 0 Å². The number of nitrogens with two attached hydrogens (primary N) is 1. The summed E-state index contributed by atoms with van der Waals surface area (Å²) in [7, 11) is 2.04. The Balaban J connectivity index is 2.51. The van der Waals surface area contributed by atoms with E-state index in [0.29, 0.717) is 0 Å². The van der Waals surface area contributed by atoms with Crippen molar-refractivity contribution in [3.8, 4) is 0 Å². The van der Waals surface area contributed by atoms with Gasteiger partial charge in [-0.15, -0.1) is 0 Å². The van der Waals surface area contributed by atoms with Gasteiger partial charge >= 0.3 is 0 Å². The SMILES string of the molecule is CC[C@H](N)c1ccc(N(C)CCOC(C)C)cn1. The number of hydrogen-bond acceptors (Lipinski definition) is 4. The minimum absolute atomic E-state index is 0.0358. The summed E-state index contributed by atoms with van der Waals surface area (Å²) in [6.07, 6.45) is 3.06. The van der Waals surface area contributed by atoms with Crippen molar-refractivity contribution < 1.29 is 4.74 Å². The van der Waals surface area contributed by atoms with Gasteiger partial charge in [0.1, 0.15) is 0 Å². The molecule has 102 valence electrons. The average Bonchev–Trinajstić information content (AvgIpc) is 2.37. The Kier molecular flexibility index (Phi) is 6.09. The minimum atomic E-state index is 0.0358. The van der Waals surface area contributed by atoms with E-state index in [0.717, 1.165) is 31.0 Å². The highest BCUT2D eigenvalue weighted by molar-refractivity contribution is 5.43. The van der Waals surface area contributed by atoms with E-state index in [4.69, 9.17) is 10.5 Å². The fourth-order valence-electron chi connectivity index (χ4n) is 1.61. The van der Waals surface area contributed by atoms with Crippen molar-refractivity contribution in [3.63, 3.8) is 0 Å². The van der Waals surface area contributed by atoms with Crippen LogP contribution in [0.3, 0.4) is 0 Å². The zero-order valence-corrected chi connectivity index (χ0v) is 11.9. The Morgan fingerprint density at radius 2 is 2.11 bits per heavy atom. The Labute approximate surface area is 110 Å². The van der Waals surface area contributed by atoms with Gasteiger partial charge < -0.3 is 15.4 Å². The maximum absolute atomic E-state index is 5.94. The van der Waals surface area contributed by atoms with E-state index in [1.54, 1.807) is 0 Å². The summed E-state index contributed by atoms with van der Waals surface area (Å²) >= 11 is 0. The van der Waals surface area contributed by atoms with Crippen LogP contribution in [0, 0.1) is 0 Å². The molecule has 1 atom stereocenters. The average molecular weight is 251 g/mol. The molecule has 0 aromatic carbocycles. The number of rotatable bonds is 7. The van der Waals surface area contributed by atoms with Crippen LogP contribution in [0.4, 0.5) is 5.69 Å². The molecule has 0 bridgehead atoms. The van der Waals surface area contributed by atoms with E-state index in [9.17, 15) is 0 Å². The fraction of sp³-hybridized carbons (Fsp3) is 0.643. The first kappa shape index (κ1) is 14.9. The molecular formula is C14H25N3O. The molecule has 2 N–H and O–H groups in total. The second-order valence-corrected chi connectivity index (χ2v) is 4.80. The zero-order chi connectivity index (χ0) is 13.5. The Morgan fingerprint density at radius 1 is 1.39 bits per heavy atom. The molecule has 18 heavy (non-hydrogen) atoms. The van der Waals surface area contributed by atoms with Gasteiger partial charge in [-0.1, -0.05) is 6.92 Å². The van der Waals surface area contributed by atoms with Crippen molar-refractivity contribution >= 4 is 5.69 Å². The van der Waals surface area contributed by atoms with Crippen LogP contribution in [0.25, 0.3) is 0 Å². The topological polar surface area (TPSA) is 51.4 Å². The largest absolute Gasteiger partial charge is 0.377 e. The molecule has 0 aliphatic heterocycles. The molecule has 1 heterocycles. The summed E-state index contributed by atoms with van der Waals surface area (Å²) in [5, 5.41) is 0. The molecule has 0 aliphatic carbocycles. The normalized spacial score (nSPS) is 12.8. The molecule has 0 aliphatic rings. The van der Waals surface area contributed by atoms with Gasteiger partial charge in [0.25, 0.3) is 0 Å². The molecule has 4 heteroatoms. The molecule has 0 saturated carbocycles. The minimum Gasteiger partial charge on any atom is -0.377 e. The first-order valence-electron chi connectivity index (χ1n) is 6.58. The zero-order valence-electron chi connectivity index (χ0n) is 11.9. The monoisotopic (exact) mass is 251 g/mol. The van der Waals surface area contributed by atoms with Crippen LogP contribution in [-0.2, 0) is 4.74 Å². The third kappa shape index (κ3) is 4.63. The van der Waals surface area contributed by atoms with Crippen molar-refractivity contribution in [2.24, 2.45) is 5.73 Å². The summed E-state index contributed by atoms with van der Waals surface area (Å²) in [6.45, 7) is 7.74. The van der Waals surface area contributed by atoms with E-state index < -0.39 is 0 Å². The van der Waals surface area contributed by atoms with Gasteiger partial charge in [0.05, 0.1) is 30.3 Å². The van der Waals surface area contributed by atoms with Crippen molar-refractivity contribution in [2.75, 3.05) is 25.1 Å². The van der Waals surface area contributed by atoms with Gasteiger partial charge in [0.2, 0.25) is 0 Å². The summed E-state index contributed by atoms with van der Waals surface area (Å²) in [5.41, 5.74) is 7.98. The number of hydrogen-bond donors (Lipinski definition) is 1. The van der Waals surface area contributed by atoms with E-state index in [-0.39, 0.29) is 12.1 Å². The predicted molar refractivity (Wildman–Crippen MR) is 75.8 cm³/mol. The standard InChI is InChI=1S/C14H25N3O/c1-5-13(15)14-7-6-12(10-16-14)17(4)8-9-18-11(2)3/h6-7,10-11,13H,5,8-9,15H2,1-4H3/t13-/m0/s1. The van der Waals surface area contributed by atoms with Gasteiger partial charge in [-0.05, 0) is 32.4 Å². The molecular weight excluding hydrogens is 226 g/mol. The van der Waals surface area contributed by atoms with E-state index in [1.165, 1.54) is 0 Å². The summed E-state index contributed by atoms with van der Waals surface area (Å²) < 4.78 is 5.53. The second kappa shape index (κ2) is 7.34. The maximum Gasteiger partial charge on any atom is 0.0644 e. The van der Waals surface area contributed by atoms with E-state index >= 15 is 0 Å². The molecule has 1 rings (SSSR count). The molecule has 1 aromatic heterocycles. The summed E-state index contributed by atoms with van der Waals surface area (Å²) in [4.78, 5) is 6.54. The highest BCUT2D eigenvalue weighted by Crippen LogP contribution is 2.15. The van der Waals surface area contributed by atoms with Gasteiger partial charge in [-0.3, -0.25) is 4.98 Å².